The lowest BCUT2D eigenvalue weighted by molar-refractivity contribution is -0.385. The summed E-state index contributed by atoms with van der Waals surface area (Å²) in [5, 5.41) is 11.1. The van der Waals surface area contributed by atoms with E-state index in [9.17, 15) is 14.9 Å². The predicted molar refractivity (Wildman–Crippen MR) is 110 cm³/mol. The van der Waals surface area contributed by atoms with E-state index in [0.717, 1.165) is 34.9 Å². The fourth-order valence-electron chi connectivity index (χ4n) is 2.89. The summed E-state index contributed by atoms with van der Waals surface area (Å²) in [6.07, 6.45) is 0.959. The van der Waals surface area contributed by atoms with Gasteiger partial charge in [0.15, 0.2) is 5.75 Å². The lowest BCUT2D eigenvalue weighted by Crippen LogP contribution is -2.33. The van der Waals surface area contributed by atoms with Crippen LogP contribution in [-0.4, -0.2) is 36.0 Å². The molecule has 0 radical (unpaired) electrons. The molecule has 0 atom stereocenters. The van der Waals surface area contributed by atoms with E-state index in [1.54, 1.807) is 23.9 Å². The highest BCUT2D eigenvalue weighted by Gasteiger charge is 2.21. The number of methoxy groups -OCH3 is 1. The number of rotatable bonds is 6. The Balaban J connectivity index is 1.63. The number of fused-ring (bicyclic) bond motifs is 1. The van der Waals surface area contributed by atoms with Gasteiger partial charge in [-0.3, -0.25) is 14.9 Å². The van der Waals surface area contributed by atoms with Crippen molar-refractivity contribution in [2.75, 3.05) is 30.1 Å². The Bertz CT molecular complexity index is 844. The number of anilines is 1. The molecule has 2 aromatic rings. The third-order valence-corrected chi connectivity index (χ3v) is 6.31. The standard InChI is InChI=1S/C19H20N2O4S2/c1-25-17-8-7-14(11-16(17)21(23)24)12-26-13-19(22)20-9-4-10-27-18-6-3-2-5-15(18)20/h2-3,5-8,11H,4,9-10,12-13H2,1H3. The minimum atomic E-state index is -0.454. The van der Waals surface area contributed by atoms with Crippen LogP contribution in [0.5, 0.6) is 5.75 Å². The maximum atomic E-state index is 12.7. The Morgan fingerprint density at radius 3 is 2.93 bits per heavy atom. The zero-order valence-corrected chi connectivity index (χ0v) is 16.6. The number of hydrogen-bond donors (Lipinski definition) is 0. The molecule has 1 amide bonds. The van der Waals surface area contributed by atoms with Gasteiger partial charge in [0.05, 0.1) is 23.5 Å². The molecule has 6 nitrogen and oxygen atoms in total. The van der Waals surface area contributed by atoms with E-state index >= 15 is 0 Å². The van der Waals surface area contributed by atoms with Crippen LogP contribution < -0.4 is 9.64 Å². The number of amides is 1. The average molecular weight is 405 g/mol. The van der Waals surface area contributed by atoms with E-state index in [2.05, 4.69) is 6.07 Å². The third kappa shape index (κ3) is 4.75. The van der Waals surface area contributed by atoms with Gasteiger partial charge in [-0.05, 0) is 35.9 Å². The normalized spacial score (nSPS) is 13.6. The Labute approximate surface area is 166 Å². The molecule has 1 heterocycles. The molecule has 142 valence electrons. The van der Waals surface area contributed by atoms with E-state index in [4.69, 9.17) is 4.74 Å². The Morgan fingerprint density at radius 1 is 1.33 bits per heavy atom. The molecule has 27 heavy (non-hydrogen) atoms. The van der Waals surface area contributed by atoms with Crippen molar-refractivity contribution in [1.82, 2.24) is 0 Å². The molecule has 0 bridgehead atoms. The zero-order chi connectivity index (χ0) is 19.2. The fraction of sp³-hybridized carbons (Fsp3) is 0.316. The van der Waals surface area contributed by atoms with E-state index < -0.39 is 4.92 Å². The molecule has 0 spiro atoms. The van der Waals surface area contributed by atoms with Crippen molar-refractivity contribution >= 4 is 40.8 Å². The second-order valence-corrected chi connectivity index (χ2v) is 8.09. The van der Waals surface area contributed by atoms with Crippen molar-refractivity contribution in [1.29, 1.82) is 0 Å². The van der Waals surface area contributed by atoms with Gasteiger partial charge in [0.25, 0.3) is 0 Å². The van der Waals surface area contributed by atoms with Gasteiger partial charge in [0, 0.05) is 23.3 Å². The smallest absolute Gasteiger partial charge is 0.311 e. The highest BCUT2D eigenvalue weighted by atomic mass is 32.2. The molecule has 2 aromatic carbocycles. The Kier molecular flexibility index (Phi) is 6.63. The van der Waals surface area contributed by atoms with Crippen LogP contribution in [0.4, 0.5) is 11.4 Å². The first-order valence-electron chi connectivity index (χ1n) is 8.51. The number of carbonyl (C=O) groups is 1. The minimum Gasteiger partial charge on any atom is -0.490 e. The molecule has 3 rings (SSSR count). The van der Waals surface area contributed by atoms with Crippen molar-refractivity contribution in [3.05, 3.63) is 58.1 Å². The largest absolute Gasteiger partial charge is 0.490 e. The molecule has 0 saturated heterocycles. The van der Waals surface area contributed by atoms with Crippen LogP contribution in [0.2, 0.25) is 0 Å². The van der Waals surface area contributed by atoms with Gasteiger partial charge in [-0.1, -0.05) is 18.2 Å². The molecule has 0 saturated carbocycles. The van der Waals surface area contributed by atoms with Crippen LogP contribution in [0, 0.1) is 10.1 Å². The number of benzene rings is 2. The number of ether oxygens (including phenoxy) is 1. The van der Waals surface area contributed by atoms with Crippen LogP contribution in [0.25, 0.3) is 0 Å². The number of nitro groups is 1. The molecule has 0 unspecified atom stereocenters. The van der Waals surface area contributed by atoms with E-state index in [0.29, 0.717) is 11.5 Å². The van der Waals surface area contributed by atoms with Gasteiger partial charge in [0.1, 0.15) is 0 Å². The second kappa shape index (κ2) is 9.14. The number of carbonyl (C=O) groups excluding carboxylic acids is 1. The first kappa shape index (κ1) is 19.6. The number of hydrogen-bond acceptors (Lipinski definition) is 6. The van der Waals surface area contributed by atoms with Crippen LogP contribution in [0.3, 0.4) is 0 Å². The molecule has 1 aliphatic rings. The van der Waals surface area contributed by atoms with Gasteiger partial charge in [-0.2, -0.15) is 0 Å². The van der Waals surface area contributed by atoms with Crippen LogP contribution in [-0.2, 0) is 10.5 Å². The van der Waals surface area contributed by atoms with E-state index in [1.807, 2.05) is 23.1 Å². The maximum absolute atomic E-state index is 12.7. The summed E-state index contributed by atoms with van der Waals surface area (Å²) < 4.78 is 5.02. The molecule has 0 N–H and O–H groups in total. The van der Waals surface area contributed by atoms with Crippen molar-refractivity contribution in [3.63, 3.8) is 0 Å². The number of para-hydroxylation sites is 1. The molecule has 0 aliphatic carbocycles. The van der Waals surface area contributed by atoms with Crippen LogP contribution in [0.1, 0.15) is 12.0 Å². The Morgan fingerprint density at radius 2 is 2.15 bits per heavy atom. The maximum Gasteiger partial charge on any atom is 0.311 e. The zero-order valence-electron chi connectivity index (χ0n) is 14.9. The minimum absolute atomic E-state index is 0.0552. The van der Waals surface area contributed by atoms with Crippen molar-refractivity contribution in [2.45, 2.75) is 17.1 Å². The first-order valence-corrected chi connectivity index (χ1v) is 10.7. The third-order valence-electron chi connectivity index (χ3n) is 4.17. The lowest BCUT2D eigenvalue weighted by Gasteiger charge is -2.22. The molecule has 0 fully saturated rings. The van der Waals surface area contributed by atoms with E-state index in [1.165, 1.54) is 24.9 Å². The second-order valence-electron chi connectivity index (χ2n) is 5.97. The Hall–Kier alpha value is -2.19. The number of thioether (sulfide) groups is 2. The summed E-state index contributed by atoms with van der Waals surface area (Å²) in [5.41, 5.74) is 1.72. The molecule has 1 aliphatic heterocycles. The summed E-state index contributed by atoms with van der Waals surface area (Å²) in [6.45, 7) is 0.720. The molecular formula is C19H20N2O4S2. The number of nitro benzene ring substituents is 1. The lowest BCUT2D eigenvalue weighted by atomic mass is 10.2. The van der Waals surface area contributed by atoms with E-state index in [-0.39, 0.29) is 17.3 Å². The summed E-state index contributed by atoms with van der Waals surface area (Å²) >= 11 is 3.24. The van der Waals surface area contributed by atoms with Crippen molar-refractivity contribution in [3.8, 4) is 5.75 Å². The van der Waals surface area contributed by atoms with Gasteiger partial charge in [-0.15, -0.1) is 23.5 Å². The van der Waals surface area contributed by atoms with Crippen molar-refractivity contribution < 1.29 is 14.5 Å². The fourth-order valence-corrected chi connectivity index (χ4v) is 4.73. The molecular weight excluding hydrogens is 384 g/mol. The number of nitrogens with zero attached hydrogens (tertiary/aromatic N) is 2. The summed E-state index contributed by atoms with van der Waals surface area (Å²) in [6, 6.07) is 12.9. The SMILES string of the molecule is COc1ccc(CSCC(=O)N2CCCSc3ccccc32)cc1[N+](=O)[O-]. The summed E-state index contributed by atoms with van der Waals surface area (Å²) in [4.78, 5) is 26.4. The van der Waals surface area contributed by atoms with Gasteiger partial charge in [0.2, 0.25) is 5.91 Å². The summed E-state index contributed by atoms with van der Waals surface area (Å²) in [7, 11) is 1.41. The van der Waals surface area contributed by atoms with Gasteiger partial charge < -0.3 is 9.64 Å². The quantitative estimate of drug-likeness (QED) is 0.526. The highest BCUT2D eigenvalue weighted by molar-refractivity contribution is 7.99. The average Bonchev–Trinajstić information content (AvgIpc) is 2.90. The van der Waals surface area contributed by atoms with Crippen LogP contribution in [0.15, 0.2) is 47.4 Å². The predicted octanol–water partition coefficient (Wildman–Crippen LogP) is 4.37. The molecule has 0 aromatic heterocycles. The first-order chi connectivity index (χ1) is 13.1. The molecule has 8 heteroatoms. The highest BCUT2D eigenvalue weighted by Crippen LogP contribution is 2.34. The summed E-state index contributed by atoms with van der Waals surface area (Å²) in [5.74, 6) is 2.17. The van der Waals surface area contributed by atoms with Gasteiger partial charge in [-0.25, -0.2) is 0 Å². The monoisotopic (exact) mass is 404 g/mol. The van der Waals surface area contributed by atoms with Crippen molar-refractivity contribution in [2.24, 2.45) is 0 Å². The van der Waals surface area contributed by atoms with Gasteiger partial charge >= 0.3 is 5.69 Å². The van der Waals surface area contributed by atoms with Crippen LogP contribution >= 0.6 is 23.5 Å². The topological polar surface area (TPSA) is 72.7 Å².